The predicted octanol–water partition coefficient (Wildman–Crippen LogP) is 1.98. The molecule has 1 aromatic rings. The molecule has 3 nitrogen and oxygen atoms in total. The molecule has 1 heterocycles. The number of aromatic nitrogens is 2. The molecule has 0 amide bonds. The topological polar surface area (TPSA) is 34.9 Å². The number of halogens is 1. The van der Waals surface area contributed by atoms with Crippen molar-refractivity contribution >= 4 is 23.4 Å². The summed E-state index contributed by atoms with van der Waals surface area (Å²) in [6, 6.07) is 0. The molecule has 0 fully saturated rings. The van der Waals surface area contributed by atoms with Crippen LogP contribution in [-0.2, 0) is 6.54 Å². The number of rotatable bonds is 4. The quantitative estimate of drug-likeness (QED) is 0.588. The number of aryl methyl sites for hydroxylation is 1. The van der Waals surface area contributed by atoms with Crippen LogP contribution in [0.25, 0.3) is 0 Å². The van der Waals surface area contributed by atoms with E-state index in [0.717, 1.165) is 0 Å². The minimum absolute atomic E-state index is 0.0306. The first kappa shape index (κ1) is 11.6. The highest BCUT2D eigenvalue weighted by Crippen LogP contribution is 2.17. The van der Waals surface area contributed by atoms with Gasteiger partial charge in [-0.25, -0.2) is 4.98 Å². The lowest BCUT2D eigenvalue weighted by atomic mass is 10.6. The summed E-state index contributed by atoms with van der Waals surface area (Å²) in [5, 5.41) is 0.743. The van der Waals surface area contributed by atoms with Gasteiger partial charge in [-0.1, -0.05) is 18.7 Å². The Hall–Kier alpha value is -0.480. The van der Waals surface area contributed by atoms with Crippen molar-refractivity contribution in [2.75, 3.05) is 5.88 Å². The van der Waals surface area contributed by atoms with Crippen molar-refractivity contribution in [1.82, 2.24) is 9.55 Å². The Labute approximate surface area is 92.5 Å². The van der Waals surface area contributed by atoms with Crippen molar-refractivity contribution in [3.63, 3.8) is 0 Å². The normalized spacial score (nSPS) is 12.8. The van der Waals surface area contributed by atoms with Crippen LogP contribution in [-0.4, -0.2) is 20.7 Å². The van der Waals surface area contributed by atoms with Gasteiger partial charge >= 0.3 is 0 Å². The van der Waals surface area contributed by atoms with Crippen LogP contribution in [0.1, 0.15) is 13.8 Å². The molecule has 78 valence electrons. The molecule has 0 radical (unpaired) electrons. The fourth-order valence-corrected chi connectivity index (χ4v) is 1.95. The third-order valence-corrected chi connectivity index (χ3v) is 3.47. The maximum atomic E-state index is 11.7. The fraction of sp³-hybridized carbons (Fsp3) is 0.556. The zero-order chi connectivity index (χ0) is 10.6. The van der Waals surface area contributed by atoms with E-state index in [1.54, 1.807) is 17.0 Å². The van der Waals surface area contributed by atoms with Crippen LogP contribution in [0.2, 0.25) is 0 Å². The van der Waals surface area contributed by atoms with Crippen LogP contribution in [0.4, 0.5) is 0 Å². The second-order valence-electron chi connectivity index (χ2n) is 2.91. The number of hydrogen-bond acceptors (Lipinski definition) is 3. The highest BCUT2D eigenvalue weighted by atomic mass is 35.5. The Bertz CT molecular complexity index is 353. The molecule has 0 saturated carbocycles. The van der Waals surface area contributed by atoms with Gasteiger partial charge in [0.2, 0.25) is 0 Å². The summed E-state index contributed by atoms with van der Waals surface area (Å²) in [4.78, 5) is 15.7. The third kappa shape index (κ3) is 2.75. The van der Waals surface area contributed by atoms with E-state index in [4.69, 9.17) is 11.6 Å². The van der Waals surface area contributed by atoms with Crippen molar-refractivity contribution in [2.24, 2.45) is 0 Å². The summed E-state index contributed by atoms with van der Waals surface area (Å²) in [6.45, 7) is 4.58. The van der Waals surface area contributed by atoms with E-state index in [0.29, 0.717) is 17.5 Å². The lowest BCUT2D eigenvalue weighted by Gasteiger charge is -2.07. The van der Waals surface area contributed by atoms with E-state index >= 15 is 0 Å². The van der Waals surface area contributed by atoms with E-state index in [-0.39, 0.29) is 10.8 Å². The third-order valence-electron chi connectivity index (χ3n) is 1.75. The molecule has 0 aliphatic carbocycles. The van der Waals surface area contributed by atoms with Crippen molar-refractivity contribution in [1.29, 1.82) is 0 Å². The first-order valence-corrected chi connectivity index (χ1v) is 5.88. The molecule has 0 spiro atoms. The van der Waals surface area contributed by atoms with Crippen molar-refractivity contribution < 1.29 is 0 Å². The minimum atomic E-state index is -0.0306. The van der Waals surface area contributed by atoms with Crippen molar-refractivity contribution in [3.05, 3.63) is 22.7 Å². The molecular weight excluding hydrogens is 220 g/mol. The van der Waals surface area contributed by atoms with E-state index < -0.39 is 0 Å². The number of nitrogens with zero attached hydrogens (tertiary/aromatic N) is 2. The van der Waals surface area contributed by atoms with Gasteiger partial charge in [0.25, 0.3) is 5.56 Å². The monoisotopic (exact) mass is 232 g/mol. The van der Waals surface area contributed by atoms with E-state index in [2.05, 4.69) is 4.98 Å². The molecule has 0 bridgehead atoms. The molecule has 0 aliphatic heterocycles. The predicted molar refractivity (Wildman–Crippen MR) is 60.2 cm³/mol. The molecular formula is C9H13ClN2OS. The van der Waals surface area contributed by atoms with Gasteiger partial charge in [0, 0.05) is 30.1 Å². The highest BCUT2D eigenvalue weighted by Gasteiger charge is 2.08. The average molecular weight is 233 g/mol. The second-order valence-corrected chi connectivity index (χ2v) is 4.64. The SMILES string of the molecule is CCn1ccnc(SC(C)CCl)c1=O. The van der Waals surface area contributed by atoms with E-state index in [1.807, 2.05) is 13.8 Å². The van der Waals surface area contributed by atoms with Gasteiger partial charge in [0.1, 0.15) is 0 Å². The Morgan fingerprint density at radius 2 is 2.43 bits per heavy atom. The summed E-state index contributed by atoms with van der Waals surface area (Å²) >= 11 is 7.09. The van der Waals surface area contributed by atoms with Crippen LogP contribution in [0, 0.1) is 0 Å². The molecule has 0 saturated heterocycles. The summed E-state index contributed by atoms with van der Waals surface area (Å²) in [5.74, 6) is 0.521. The maximum Gasteiger partial charge on any atom is 0.283 e. The number of thioether (sulfide) groups is 1. The smallest absolute Gasteiger partial charge is 0.283 e. The molecule has 1 aromatic heterocycles. The standard InChI is InChI=1S/C9H13ClN2OS/c1-3-12-5-4-11-8(9(12)13)14-7(2)6-10/h4-5,7H,3,6H2,1-2H3. The number of alkyl halides is 1. The Kier molecular flexibility index (Phi) is 4.48. The van der Waals surface area contributed by atoms with E-state index in [1.165, 1.54) is 11.8 Å². The van der Waals surface area contributed by atoms with Gasteiger partial charge in [0.15, 0.2) is 5.03 Å². The molecule has 0 aromatic carbocycles. The zero-order valence-corrected chi connectivity index (χ0v) is 9.81. The summed E-state index contributed by atoms with van der Waals surface area (Å²) < 4.78 is 1.64. The van der Waals surface area contributed by atoms with Crippen molar-refractivity contribution in [2.45, 2.75) is 30.7 Å². The van der Waals surface area contributed by atoms with Gasteiger partial charge < -0.3 is 4.57 Å². The Morgan fingerprint density at radius 3 is 3.00 bits per heavy atom. The van der Waals surface area contributed by atoms with Crippen molar-refractivity contribution in [3.8, 4) is 0 Å². The first-order chi connectivity index (χ1) is 6.69. The van der Waals surface area contributed by atoms with Crippen LogP contribution >= 0.6 is 23.4 Å². The lowest BCUT2D eigenvalue weighted by Crippen LogP contribution is -2.22. The molecule has 1 atom stereocenters. The lowest BCUT2D eigenvalue weighted by molar-refractivity contribution is 0.692. The van der Waals surface area contributed by atoms with Crippen LogP contribution in [0.3, 0.4) is 0 Å². The van der Waals surface area contributed by atoms with Gasteiger partial charge in [-0.3, -0.25) is 4.79 Å². The molecule has 1 unspecified atom stereocenters. The largest absolute Gasteiger partial charge is 0.312 e. The van der Waals surface area contributed by atoms with Gasteiger partial charge in [-0.05, 0) is 6.92 Å². The first-order valence-electron chi connectivity index (χ1n) is 4.47. The molecule has 1 rings (SSSR count). The minimum Gasteiger partial charge on any atom is -0.312 e. The van der Waals surface area contributed by atoms with Gasteiger partial charge in [-0.2, -0.15) is 0 Å². The molecule has 5 heteroatoms. The Morgan fingerprint density at radius 1 is 1.71 bits per heavy atom. The van der Waals surface area contributed by atoms with Gasteiger partial charge in [0.05, 0.1) is 0 Å². The highest BCUT2D eigenvalue weighted by molar-refractivity contribution is 7.99. The van der Waals surface area contributed by atoms with Crippen LogP contribution in [0.5, 0.6) is 0 Å². The van der Waals surface area contributed by atoms with E-state index in [9.17, 15) is 4.79 Å². The summed E-state index contributed by atoms with van der Waals surface area (Å²) in [5.41, 5.74) is -0.0306. The average Bonchev–Trinajstić information content (AvgIpc) is 2.21. The fourth-order valence-electron chi connectivity index (χ4n) is 0.979. The summed E-state index contributed by atoms with van der Waals surface area (Å²) in [6.07, 6.45) is 3.34. The molecule has 14 heavy (non-hydrogen) atoms. The Balaban J connectivity index is 2.93. The maximum absolute atomic E-state index is 11.7. The van der Waals surface area contributed by atoms with Gasteiger partial charge in [-0.15, -0.1) is 11.6 Å². The zero-order valence-electron chi connectivity index (χ0n) is 8.24. The number of hydrogen-bond donors (Lipinski definition) is 0. The van der Waals surface area contributed by atoms with Crippen LogP contribution < -0.4 is 5.56 Å². The van der Waals surface area contributed by atoms with Crippen LogP contribution in [0.15, 0.2) is 22.2 Å². The second kappa shape index (κ2) is 5.41. The molecule has 0 N–H and O–H groups in total. The summed E-state index contributed by atoms with van der Waals surface area (Å²) in [7, 11) is 0. The molecule has 0 aliphatic rings.